The van der Waals surface area contributed by atoms with E-state index in [4.69, 9.17) is 10.8 Å². The van der Waals surface area contributed by atoms with E-state index in [9.17, 15) is 4.79 Å². The summed E-state index contributed by atoms with van der Waals surface area (Å²) in [6.07, 6.45) is -0.126. The topological polar surface area (TPSA) is 66.6 Å². The molecule has 1 amide bonds. The van der Waals surface area contributed by atoms with Crippen molar-refractivity contribution in [1.29, 1.82) is 0 Å². The molecular formula is C12H16N2O2. The monoisotopic (exact) mass is 220 g/mol. The van der Waals surface area contributed by atoms with E-state index in [1.54, 1.807) is 0 Å². The highest BCUT2D eigenvalue weighted by Crippen LogP contribution is 2.25. The first-order valence-corrected chi connectivity index (χ1v) is 5.47. The zero-order valence-corrected chi connectivity index (χ0v) is 9.04. The van der Waals surface area contributed by atoms with Crippen LogP contribution in [0.25, 0.3) is 0 Å². The average Bonchev–Trinajstić information content (AvgIpc) is 2.30. The smallest absolute Gasteiger partial charge is 0.407 e. The molecule has 16 heavy (non-hydrogen) atoms. The Hall–Kier alpha value is -1.55. The van der Waals surface area contributed by atoms with Gasteiger partial charge in [-0.2, -0.15) is 0 Å². The molecule has 0 spiro atoms. The molecule has 1 aromatic carbocycles. The molecule has 4 heteroatoms. The number of carboxylic acid groups (broad SMARTS) is 1. The van der Waals surface area contributed by atoms with Crippen LogP contribution < -0.4 is 5.73 Å². The highest BCUT2D eigenvalue weighted by atomic mass is 16.4. The molecule has 1 aromatic rings. The van der Waals surface area contributed by atoms with Crippen molar-refractivity contribution in [2.24, 2.45) is 5.73 Å². The summed E-state index contributed by atoms with van der Waals surface area (Å²) in [5, 5.41) is 8.97. The van der Waals surface area contributed by atoms with Crippen molar-refractivity contribution in [3.8, 4) is 0 Å². The molecule has 1 aliphatic rings. The Kier molecular flexibility index (Phi) is 3.10. The van der Waals surface area contributed by atoms with E-state index in [0.29, 0.717) is 13.1 Å². The van der Waals surface area contributed by atoms with E-state index < -0.39 is 6.09 Å². The zero-order valence-electron chi connectivity index (χ0n) is 9.04. The van der Waals surface area contributed by atoms with Gasteiger partial charge >= 0.3 is 6.09 Å². The van der Waals surface area contributed by atoms with Gasteiger partial charge in [-0.3, -0.25) is 0 Å². The zero-order chi connectivity index (χ0) is 11.5. The summed E-state index contributed by atoms with van der Waals surface area (Å²) in [5.41, 5.74) is 7.18. The molecule has 0 unspecified atom stereocenters. The van der Waals surface area contributed by atoms with Crippen molar-refractivity contribution >= 4 is 6.09 Å². The summed E-state index contributed by atoms with van der Waals surface area (Å²) in [4.78, 5) is 12.4. The van der Waals surface area contributed by atoms with E-state index in [1.165, 1.54) is 4.90 Å². The van der Waals surface area contributed by atoms with Gasteiger partial charge in [0.2, 0.25) is 0 Å². The molecule has 3 N–H and O–H groups in total. The van der Waals surface area contributed by atoms with Gasteiger partial charge in [0.15, 0.2) is 0 Å². The molecule has 86 valence electrons. The third-order valence-corrected chi connectivity index (χ3v) is 3.16. The minimum absolute atomic E-state index is 0.0537. The molecule has 1 heterocycles. The molecule has 0 radical (unpaired) electrons. The Balaban J connectivity index is 2.16. The van der Waals surface area contributed by atoms with Crippen LogP contribution in [0.5, 0.6) is 0 Å². The average molecular weight is 220 g/mol. The summed E-state index contributed by atoms with van der Waals surface area (Å²) < 4.78 is 0. The minimum atomic E-state index is -0.854. The predicted molar refractivity (Wildman–Crippen MR) is 61.4 cm³/mol. The summed E-state index contributed by atoms with van der Waals surface area (Å²) in [5.74, 6) is 0.117. The van der Waals surface area contributed by atoms with Gasteiger partial charge in [0.25, 0.3) is 0 Å². The van der Waals surface area contributed by atoms with Gasteiger partial charge in [-0.1, -0.05) is 30.3 Å². The minimum Gasteiger partial charge on any atom is -0.465 e. The van der Waals surface area contributed by atoms with Gasteiger partial charge in [0, 0.05) is 25.0 Å². The number of amides is 1. The number of hydrogen-bond donors (Lipinski definition) is 2. The van der Waals surface area contributed by atoms with Crippen LogP contribution in [0.3, 0.4) is 0 Å². The van der Waals surface area contributed by atoms with Crippen LogP contribution in [0, 0.1) is 0 Å². The first-order chi connectivity index (χ1) is 7.68. The Morgan fingerprint density at radius 1 is 1.38 bits per heavy atom. The van der Waals surface area contributed by atoms with Gasteiger partial charge < -0.3 is 15.7 Å². The fourth-order valence-electron chi connectivity index (χ4n) is 2.20. The predicted octanol–water partition coefficient (Wildman–Crippen LogP) is 1.48. The largest absolute Gasteiger partial charge is 0.465 e. The molecule has 4 nitrogen and oxygen atoms in total. The standard InChI is InChI=1S/C12H16N2O2/c13-11-6-7-14(12(15)16)8-10(11)9-4-2-1-3-5-9/h1-5,10-11H,6-8,13H2,(H,15,16)/t10-,11+/m0/s1. The summed E-state index contributed by atoms with van der Waals surface area (Å²) in [7, 11) is 0. The van der Waals surface area contributed by atoms with Crippen molar-refractivity contribution in [2.75, 3.05) is 13.1 Å². The molecule has 0 aromatic heterocycles. The number of rotatable bonds is 1. The maximum atomic E-state index is 10.9. The quantitative estimate of drug-likeness (QED) is 0.753. The third-order valence-electron chi connectivity index (χ3n) is 3.16. The number of piperidine rings is 1. The van der Waals surface area contributed by atoms with Crippen molar-refractivity contribution in [3.05, 3.63) is 35.9 Å². The highest BCUT2D eigenvalue weighted by molar-refractivity contribution is 5.65. The lowest BCUT2D eigenvalue weighted by atomic mass is 9.87. The van der Waals surface area contributed by atoms with Crippen LogP contribution in [-0.2, 0) is 0 Å². The van der Waals surface area contributed by atoms with Crippen LogP contribution in [0.4, 0.5) is 4.79 Å². The van der Waals surface area contributed by atoms with Crippen LogP contribution >= 0.6 is 0 Å². The van der Waals surface area contributed by atoms with E-state index in [2.05, 4.69) is 0 Å². The highest BCUT2D eigenvalue weighted by Gasteiger charge is 2.29. The van der Waals surface area contributed by atoms with Gasteiger partial charge in [-0.25, -0.2) is 4.79 Å². The van der Waals surface area contributed by atoms with Crippen LogP contribution in [0.2, 0.25) is 0 Å². The van der Waals surface area contributed by atoms with Gasteiger partial charge in [0.1, 0.15) is 0 Å². The molecule has 0 bridgehead atoms. The van der Waals surface area contributed by atoms with E-state index in [-0.39, 0.29) is 12.0 Å². The lowest BCUT2D eigenvalue weighted by molar-refractivity contribution is 0.126. The Bertz CT molecular complexity index is 367. The molecule has 2 atom stereocenters. The number of carbonyl (C=O) groups is 1. The second-order valence-electron chi connectivity index (χ2n) is 4.20. The van der Waals surface area contributed by atoms with Crippen molar-refractivity contribution in [3.63, 3.8) is 0 Å². The molecule has 1 saturated heterocycles. The molecule has 2 rings (SSSR count). The van der Waals surface area contributed by atoms with Crippen LogP contribution in [-0.4, -0.2) is 35.2 Å². The number of nitrogens with two attached hydrogens (primary N) is 1. The van der Waals surface area contributed by atoms with E-state index >= 15 is 0 Å². The van der Waals surface area contributed by atoms with Crippen LogP contribution in [0.15, 0.2) is 30.3 Å². The van der Waals surface area contributed by atoms with Gasteiger partial charge in [0.05, 0.1) is 0 Å². The fraction of sp³-hybridized carbons (Fsp3) is 0.417. The van der Waals surface area contributed by atoms with Gasteiger partial charge in [-0.05, 0) is 12.0 Å². The summed E-state index contributed by atoms with van der Waals surface area (Å²) >= 11 is 0. The second-order valence-corrected chi connectivity index (χ2v) is 4.20. The number of benzene rings is 1. The van der Waals surface area contributed by atoms with Crippen molar-refractivity contribution < 1.29 is 9.90 Å². The fourth-order valence-corrected chi connectivity index (χ4v) is 2.20. The van der Waals surface area contributed by atoms with Crippen LogP contribution in [0.1, 0.15) is 17.9 Å². The Morgan fingerprint density at radius 3 is 2.69 bits per heavy atom. The third kappa shape index (κ3) is 2.17. The Labute approximate surface area is 94.7 Å². The normalized spacial score (nSPS) is 25.4. The molecular weight excluding hydrogens is 204 g/mol. The lowest BCUT2D eigenvalue weighted by Crippen LogP contribution is -2.47. The second kappa shape index (κ2) is 4.53. The van der Waals surface area contributed by atoms with Crippen molar-refractivity contribution in [2.45, 2.75) is 18.4 Å². The molecule has 1 fully saturated rings. The number of likely N-dealkylation sites (tertiary alicyclic amines) is 1. The first-order valence-electron chi connectivity index (χ1n) is 5.47. The summed E-state index contributed by atoms with van der Waals surface area (Å²) in [6, 6.07) is 9.94. The lowest BCUT2D eigenvalue weighted by Gasteiger charge is -2.35. The van der Waals surface area contributed by atoms with E-state index in [1.807, 2.05) is 30.3 Å². The summed E-state index contributed by atoms with van der Waals surface area (Å²) in [6.45, 7) is 1.04. The number of hydrogen-bond acceptors (Lipinski definition) is 2. The molecule has 0 aliphatic carbocycles. The first kappa shape index (κ1) is 11.0. The number of nitrogens with zero attached hydrogens (tertiary/aromatic N) is 1. The molecule has 1 aliphatic heterocycles. The van der Waals surface area contributed by atoms with Crippen molar-refractivity contribution in [1.82, 2.24) is 4.90 Å². The maximum absolute atomic E-state index is 10.9. The van der Waals surface area contributed by atoms with Gasteiger partial charge in [-0.15, -0.1) is 0 Å². The van der Waals surface area contributed by atoms with E-state index in [0.717, 1.165) is 12.0 Å². The Morgan fingerprint density at radius 2 is 2.06 bits per heavy atom. The molecule has 0 saturated carbocycles. The maximum Gasteiger partial charge on any atom is 0.407 e. The SMILES string of the molecule is N[C@@H]1CCN(C(=O)O)C[C@H]1c1ccccc1.